The number of ketones is 2. The molecule has 0 rings (SSSR count). The molecule has 8 heteroatoms. The molecular formula is C15H30N2O6. The topological polar surface area (TPSA) is 109 Å². The van der Waals surface area contributed by atoms with E-state index in [-0.39, 0.29) is 31.3 Å². The molecule has 0 fully saturated rings. The zero-order chi connectivity index (χ0) is 17.2. The van der Waals surface area contributed by atoms with Crippen molar-refractivity contribution in [1.29, 1.82) is 0 Å². The van der Waals surface area contributed by atoms with Crippen molar-refractivity contribution < 1.29 is 28.5 Å². The molecule has 0 aliphatic rings. The molecule has 0 aromatic heterocycles. The molecule has 0 unspecified atom stereocenters. The van der Waals surface area contributed by atoms with Crippen molar-refractivity contribution in [2.75, 3.05) is 73.0 Å². The molecular weight excluding hydrogens is 304 g/mol. The smallest absolute Gasteiger partial charge is 0.171 e. The van der Waals surface area contributed by atoms with E-state index in [0.29, 0.717) is 52.5 Å². The molecule has 0 spiro atoms. The summed E-state index contributed by atoms with van der Waals surface area (Å²) in [5, 5.41) is 2.99. The number of Topliss-reactive ketones (excluding diaryl/α,β-unsaturated/α-hetero) is 2. The largest absolute Gasteiger partial charge is 0.379 e. The summed E-state index contributed by atoms with van der Waals surface area (Å²) in [6.45, 7) is 3.90. The van der Waals surface area contributed by atoms with E-state index in [1.165, 1.54) is 0 Å². The normalized spacial score (nSPS) is 10.9. The molecule has 8 nitrogen and oxygen atoms in total. The highest BCUT2D eigenvalue weighted by molar-refractivity contribution is 5.82. The van der Waals surface area contributed by atoms with Gasteiger partial charge in [0.15, 0.2) is 11.6 Å². The molecule has 0 aliphatic carbocycles. The van der Waals surface area contributed by atoms with Gasteiger partial charge in [-0.3, -0.25) is 9.59 Å². The Hall–Kier alpha value is -0.900. The molecule has 23 heavy (non-hydrogen) atoms. The van der Waals surface area contributed by atoms with Crippen LogP contribution in [0, 0.1) is 0 Å². The highest BCUT2D eigenvalue weighted by Gasteiger charge is 2.04. The molecule has 136 valence electrons. The molecule has 0 atom stereocenters. The van der Waals surface area contributed by atoms with Crippen molar-refractivity contribution in [1.82, 2.24) is 5.32 Å². The first-order valence-corrected chi connectivity index (χ1v) is 7.89. The van der Waals surface area contributed by atoms with Crippen LogP contribution in [0.15, 0.2) is 0 Å². The summed E-state index contributed by atoms with van der Waals surface area (Å²) in [6, 6.07) is 0. The van der Waals surface area contributed by atoms with Crippen LogP contribution in [0.25, 0.3) is 0 Å². The minimum atomic E-state index is -0.214. The number of hydrogen-bond donors (Lipinski definition) is 2. The highest BCUT2D eigenvalue weighted by Crippen LogP contribution is 1.94. The first kappa shape index (κ1) is 22.1. The van der Waals surface area contributed by atoms with E-state index in [1.54, 1.807) is 0 Å². The fourth-order valence-electron chi connectivity index (χ4n) is 1.50. The van der Waals surface area contributed by atoms with E-state index in [4.69, 9.17) is 24.7 Å². The van der Waals surface area contributed by atoms with Gasteiger partial charge < -0.3 is 30.0 Å². The quantitative estimate of drug-likeness (QED) is 0.312. The van der Waals surface area contributed by atoms with Crippen LogP contribution >= 0.6 is 0 Å². The number of carbonyl (C=O) groups is 2. The lowest BCUT2D eigenvalue weighted by Crippen LogP contribution is -2.21. The minimum Gasteiger partial charge on any atom is -0.379 e. The Morgan fingerprint density at radius 1 is 0.826 bits per heavy atom. The zero-order valence-electron chi connectivity index (χ0n) is 14.0. The predicted octanol–water partition coefficient (Wildman–Crippen LogP) is -0.851. The van der Waals surface area contributed by atoms with Gasteiger partial charge in [0.1, 0.15) is 13.2 Å². The summed E-state index contributed by atoms with van der Waals surface area (Å²) in [4.78, 5) is 22.3. The standard InChI is InChI=1S/C15H30N2O6/c1-17-4-6-21-8-10-22-9-7-20-5-2-3-14(18)12-23-13-15(19)11-16/h17H,2-13,16H2,1H3. The van der Waals surface area contributed by atoms with Gasteiger partial charge in [0.2, 0.25) is 0 Å². The van der Waals surface area contributed by atoms with Gasteiger partial charge in [-0.2, -0.15) is 0 Å². The highest BCUT2D eigenvalue weighted by atomic mass is 16.5. The summed E-state index contributed by atoms with van der Waals surface area (Å²) in [5.41, 5.74) is 5.12. The summed E-state index contributed by atoms with van der Waals surface area (Å²) in [7, 11) is 1.88. The molecule has 3 N–H and O–H groups in total. The van der Waals surface area contributed by atoms with E-state index in [9.17, 15) is 9.59 Å². The fourth-order valence-corrected chi connectivity index (χ4v) is 1.50. The average Bonchev–Trinajstić information content (AvgIpc) is 2.55. The number of nitrogens with two attached hydrogens (primary N) is 1. The van der Waals surface area contributed by atoms with E-state index in [0.717, 1.165) is 6.54 Å². The molecule has 0 saturated carbocycles. The lowest BCUT2D eigenvalue weighted by Gasteiger charge is -2.07. The number of carbonyl (C=O) groups excluding carboxylic acids is 2. The van der Waals surface area contributed by atoms with Crippen molar-refractivity contribution >= 4 is 11.6 Å². The van der Waals surface area contributed by atoms with Crippen LogP contribution < -0.4 is 11.1 Å². The molecule has 0 aliphatic heterocycles. The van der Waals surface area contributed by atoms with Gasteiger partial charge in [0, 0.05) is 19.6 Å². The van der Waals surface area contributed by atoms with E-state index >= 15 is 0 Å². The minimum absolute atomic E-state index is 0.0478. The van der Waals surface area contributed by atoms with Crippen LogP contribution in [0.1, 0.15) is 12.8 Å². The lowest BCUT2D eigenvalue weighted by molar-refractivity contribution is -0.128. The Morgan fingerprint density at radius 3 is 2.00 bits per heavy atom. The third-order valence-electron chi connectivity index (χ3n) is 2.74. The summed E-state index contributed by atoms with van der Waals surface area (Å²) >= 11 is 0. The molecule has 0 bridgehead atoms. The Morgan fingerprint density at radius 2 is 1.39 bits per heavy atom. The summed E-state index contributed by atoms with van der Waals surface area (Å²) in [5.74, 6) is -0.262. The lowest BCUT2D eigenvalue weighted by atomic mass is 10.2. The molecule has 0 amide bonds. The second kappa shape index (κ2) is 17.5. The van der Waals surface area contributed by atoms with Crippen LogP contribution in [0.3, 0.4) is 0 Å². The maximum Gasteiger partial charge on any atom is 0.171 e. The van der Waals surface area contributed by atoms with Crippen LogP contribution in [0.5, 0.6) is 0 Å². The van der Waals surface area contributed by atoms with Gasteiger partial charge in [0.25, 0.3) is 0 Å². The second-order valence-corrected chi connectivity index (χ2v) is 4.82. The average molecular weight is 334 g/mol. The van der Waals surface area contributed by atoms with Crippen molar-refractivity contribution in [2.45, 2.75) is 12.8 Å². The van der Waals surface area contributed by atoms with E-state index in [2.05, 4.69) is 5.32 Å². The van der Waals surface area contributed by atoms with E-state index < -0.39 is 0 Å². The number of hydrogen-bond acceptors (Lipinski definition) is 8. The summed E-state index contributed by atoms with van der Waals surface area (Å²) in [6.07, 6.45) is 0.997. The van der Waals surface area contributed by atoms with Gasteiger partial charge in [-0.15, -0.1) is 0 Å². The molecule has 0 aromatic carbocycles. The molecule has 0 aromatic rings. The Kier molecular flexibility index (Phi) is 16.8. The number of rotatable bonds is 18. The zero-order valence-corrected chi connectivity index (χ0v) is 14.0. The van der Waals surface area contributed by atoms with Gasteiger partial charge in [-0.25, -0.2) is 0 Å². The molecule has 0 heterocycles. The van der Waals surface area contributed by atoms with Gasteiger partial charge in [-0.1, -0.05) is 0 Å². The van der Waals surface area contributed by atoms with E-state index in [1.807, 2.05) is 7.05 Å². The summed E-state index contributed by atoms with van der Waals surface area (Å²) < 4.78 is 20.9. The number of likely N-dealkylation sites (N-methyl/N-ethyl adjacent to an activating group) is 1. The van der Waals surface area contributed by atoms with Crippen LogP contribution in [0.2, 0.25) is 0 Å². The Bertz CT molecular complexity index is 302. The molecule has 0 saturated heterocycles. The second-order valence-electron chi connectivity index (χ2n) is 4.82. The van der Waals surface area contributed by atoms with Crippen LogP contribution in [0.4, 0.5) is 0 Å². The fraction of sp³-hybridized carbons (Fsp3) is 0.867. The molecule has 0 radical (unpaired) electrons. The van der Waals surface area contributed by atoms with Gasteiger partial charge >= 0.3 is 0 Å². The van der Waals surface area contributed by atoms with Gasteiger partial charge in [-0.05, 0) is 13.5 Å². The maximum absolute atomic E-state index is 11.4. The van der Waals surface area contributed by atoms with Crippen LogP contribution in [-0.2, 0) is 28.5 Å². The van der Waals surface area contributed by atoms with Gasteiger partial charge in [0.05, 0.1) is 39.6 Å². The van der Waals surface area contributed by atoms with Crippen LogP contribution in [-0.4, -0.2) is 84.6 Å². The SMILES string of the molecule is CNCCOCCOCCOCCCC(=O)COCC(=O)CN. The maximum atomic E-state index is 11.4. The Labute approximate surface area is 138 Å². The third kappa shape index (κ3) is 17.3. The van der Waals surface area contributed by atoms with Crippen molar-refractivity contribution in [3.05, 3.63) is 0 Å². The number of ether oxygens (including phenoxy) is 4. The first-order chi connectivity index (χ1) is 11.2. The Balaban J connectivity index is 3.17. The third-order valence-corrected chi connectivity index (χ3v) is 2.74. The van der Waals surface area contributed by atoms with Crippen molar-refractivity contribution in [3.63, 3.8) is 0 Å². The van der Waals surface area contributed by atoms with Crippen molar-refractivity contribution in [3.8, 4) is 0 Å². The monoisotopic (exact) mass is 334 g/mol. The first-order valence-electron chi connectivity index (χ1n) is 7.89. The predicted molar refractivity (Wildman–Crippen MR) is 85.5 cm³/mol. The van der Waals surface area contributed by atoms with Crippen molar-refractivity contribution in [2.24, 2.45) is 5.73 Å². The number of nitrogens with one attached hydrogen (secondary N) is 1.